The second-order valence-corrected chi connectivity index (χ2v) is 8.72. The van der Waals surface area contributed by atoms with Gasteiger partial charge in [-0.2, -0.15) is 0 Å². The van der Waals surface area contributed by atoms with Crippen LogP contribution >= 0.6 is 11.3 Å². The summed E-state index contributed by atoms with van der Waals surface area (Å²) >= 11 is 1.47. The molecule has 1 amide bonds. The summed E-state index contributed by atoms with van der Waals surface area (Å²) in [6, 6.07) is 8.67. The van der Waals surface area contributed by atoms with Crippen molar-refractivity contribution in [1.82, 2.24) is 14.5 Å². The van der Waals surface area contributed by atoms with E-state index >= 15 is 0 Å². The summed E-state index contributed by atoms with van der Waals surface area (Å²) in [7, 11) is 0. The molecule has 0 bridgehead atoms. The first-order valence-corrected chi connectivity index (χ1v) is 11.1. The van der Waals surface area contributed by atoms with Crippen LogP contribution in [0.4, 0.5) is 10.8 Å². The largest absolute Gasteiger partial charge is 0.337 e. The van der Waals surface area contributed by atoms with Gasteiger partial charge in [-0.15, -0.1) is 0 Å². The van der Waals surface area contributed by atoms with E-state index in [9.17, 15) is 14.9 Å². The minimum atomic E-state index is -0.458. The van der Waals surface area contributed by atoms with Crippen molar-refractivity contribution in [3.63, 3.8) is 0 Å². The molecule has 0 spiro atoms. The van der Waals surface area contributed by atoms with Gasteiger partial charge in [-0.1, -0.05) is 29.5 Å². The molecular weight excluding hydrogens is 426 g/mol. The van der Waals surface area contributed by atoms with Gasteiger partial charge in [-0.05, 0) is 44.4 Å². The van der Waals surface area contributed by atoms with Crippen LogP contribution < -0.4 is 4.90 Å². The zero-order valence-electron chi connectivity index (χ0n) is 18.1. The molecule has 164 valence electrons. The van der Waals surface area contributed by atoms with Gasteiger partial charge in [0.25, 0.3) is 11.6 Å². The first-order valence-electron chi connectivity index (χ1n) is 10.2. The predicted molar refractivity (Wildman–Crippen MR) is 125 cm³/mol. The normalized spacial score (nSPS) is 11.1. The van der Waals surface area contributed by atoms with Crippen LogP contribution in [-0.2, 0) is 6.54 Å². The van der Waals surface area contributed by atoms with Crippen molar-refractivity contribution in [3.8, 4) is 0 Å². The molecule has 0 fully saturated rings. The van der Waals surface area contributed by atoms with Crippen molar-refractivity contribution in [2.45, 2.75) is 33.7 Å². The minimum Gasteiger partial charge on any atom is -0.337 e. The number of rotatable bonds is 7. The Morgan fingerprint density at radius 1 is 1.16 bits per heavy atom. The van der Waals surface area contributed by atoms with Crippen LogP contribution in [0.25, 0.3) is 10.2 Å². The molecule has 9 heteroatoms. The Hall–Kier alpha value is -3.59. The molecular formula is C23H23N5O3S. The SMILES string of the molecule is Cc1ccc(C(=O)N(CCCn2ccnc2)c2nc3c(C)ccc(C)c3s2)cc1[N+](=O)[O-]. The number of amides is 1. The van der Waals surface area contributed by atoms with Crippen molar-refractivity contribution in [2.24, 2.45) is 0 Å². The molecule has 2 aromatic carbocycles. The molecule has 0 unspecified atom stereocenters. The average molecular weight is 450 g/mol. The number of anilines is 1. The second kappa shape index (κ2) is 8.88. The zero-order chi connectivity index (χ0) is 22.8. The lowest BCUT2D eigenvalue weighted by Gasteiger charge is -2.20. The summed E-state index contributed by atoms with van der Waals surface area (Å²) in [5.41, 5.74) is 3.76. The van der Waals surface area contributed by atoms with E-state index in [1.807, 2.05) is 36.7 Å². The Labute approximate surface area is 189 Å². The highest BCUT2D eigenvalue weighted by Crippen LogP contribution is 2.34. The van der Waals surface area contributed by atoms with Crippen LogP contribution in [0.2, 0.25) is 0 Å². The number of fused-ring (bicyclic) bond motifs is 1. The zero-order valence-corrected chi connectivity index (χ0v) is 18.9. The van der Waals surface area contributed by atoms with E-state index in [4.69, 9.17) is 4.98 Å². The molecule has 0 saturated heterocycles. The fraction of sp³-hybridized carbons (Fsp3) is 0.261. The maximum atomic E-state index is 13.5. The van der Waals surface area contributed by atoms with E-state index in [1.54, 1.807) is 36.5 Å². The van der Waals surface area contributed by atoms with Crippen LogP contribution in [-0.4, -0.2) is 31.9 Å². The van der Waals surface area contributed by atoms with Gasteiger partial charge in [0, 0.05) is 42.7 Å². The van der Waals surface area contributed by atoms with Crippen molar-refractivity contribution in [1.29, 1.82) is 0 Å². The minimum absolute atomic E-state index is 0.0646. The van der Waals surface area contributed by atoms with Gasteiger partial charge in [-0.25, -0.2) is 9.97 Å². The van der Waals surface area contributed by atoms with Gasteiger partial charge in [0.1, 0.15) is 0 Å². The number of hydrogen-bond acceptors (Lipinski definition) is 6. The van der Waals surface area contributed by atoms with Crippen molar-refractivity contribution < 1.29 is 9.72 Å². The Kier molecular flexibility index (Phi) is 6.00. The third kappa shape index (κ3) is 4.24. The third-order valence-electron chi connectivity index (χ3n) is 5.42. The highest BCUT2D eigenvalue weighted by Gasteiger charge is 2.24. The van der Waals surface area contributed by atoms with E-state index in [0.29, 0.717) is 30.2 Å². The molecule has 32 heavy (non-hydrogen) atoms. The van der Waals surface area contributed by atoms with Gasteiger partial charge in [0.2, 0.25) is 0 Å². The number of aryl methyl sites for hydroxylation is 4. The van der Waals surface area contributed by atoms with Crippen LogP contribution in [0.15, 0.2) is 49.1 Å². The summed E-state index contributed by atoms with van der Waals surface area (Å²) in [6.45, 7) is 6.81. The number of hydrogen-bond donors (Lipinski definition) is 0. The van der Waals surface area contributed by atoms with E-state index in [2.05, 4.69) is 4.98 Å². The molecule has 2 aromatic heterocycles. The van der Waals surface area contributed by atoms with Gasteiger partial charge in [-0.3, -0.25) is 19.8 Å². The van der Waals surface area contributed by atoms with Crippen molar-refractivity contribution in [2.75, 3.05) is 11.4 Å². The van der Waals surface area contributed by atoms with Crippen molar-refractivity contribution in [3.05, 3.63) is 81.4 Å². The highest BCUT2D eigenvalue weighted by atomic mass is 32.1. The molecule has 0 saturated carbocycles. The molecule has 4 aromatic rings. The smallest absolute Gasteiger partial charge is 0.273 e. The van der Waals surface area contributed by atoms with Crippen molar-refractivity contribution >= 4 is 38.3 Å². The quantitative estimate of drug-likeness (QED) is 0.290. The average Bonchev–Trinajstić information content (AvgIpc) is 3.44. The maximum Gasteiger partial charge on any atom is 0.273 e. The molecule has 0 aliphatic carbocycles. The number of thiazole rings is 1. The summed E-state index contributed by atoms with van der Waals surface area (Å²) in [6.07, 6.45) is 6.01. The Morgan fingerprint density at radius 3 is 2.59 bits per heavy atom. The number of carbonyl (C=O) groups is 1. The van der Waals surface area contributed by atoms with E-state index in [1.165, 1.54) is 17.4 Å². The number of aromatic nitrogens is 3. The third-order valence-corrected chi connectivity index (χ3v) is 6.63. The number of nitro benzene ring substituents is 1. The number of benzene rings is 2. The Morgan fingerprint density at radius 2 is 1.91 bits per heavy atom. The lowest BCUT2D eigenvalue weighted by atomic mass is 10.1. The Bertz CT molecular complexity index is 1260. The molecule has 8 nitrogen and oxygen atoms in total. The number of nitro groups is 1. The summed E-state index contributed by atoms with van der Waals surface area (Å²) in [5.74, 6) is -0.298. The Balaban J connectivity index is 1.71. The van der Waals surface area contributed by atoms with E-state index < -0.39 is 4.92 Å². The van der Waals surface area contributed by atoms with Gasteiger partial charge in [0.15, 0.2) is 5.13 Å². The summed E-state index contributed by atoms with van der Waals surface area (Å²) < 4.78 is 2.99. The summed E-state index contributed by atoms with van der Waals surface area (Å²) in [5, 5.41) is 12.0. The van der Waals surface area contributed by atoms with Gasteiger partial charge in [0.05, 0.1) is 21.5 Å². The van der Waals surface area contributed by atoms with Crippen LogP contribution in [0, 0.1) is 30.9 Å². The van der Waals surface area contributed by atoms with Gasteiger partial charge < -0.3 is 4.57 Å². The molecule has 0 atom stereocenters. The number of carbonyl (C=O) groups excluding carboxylic acids is 1. The maximum absolute atomic E-state index is 13.5. The predicted octanol–water partition coefficient (Wildman–Crippen LogP) is 5.06. The lowest BCUT2D eigenvalue weighted by molar-refractivity contribution is -0.385. The molecule has 2 heterocycles. The topological polar surface area (TPSA) is 94.2 Å². The second-order valence-electron chi connectivity index (χ2n) is 7.74. The summed E-state index contributed by atoms with van der Waals surface area (Å²) in [4.78, 5) is 34.9. The van der Waals surface area contributed by atoms with E-state index in [0.717, 1.165) is 21.3 Å². The first-order chi connectivity index (χ1) is 15.3. The first kappa shape index (κ1) is 21.6. The molecule has 0 aliphatic rings. The lowest BCUT2D eigenvalue weighted by Crippen LogP contribution is -2.32. The standard InChI is InChI=1S/C23H23N5O3S/c1-15-7-8-18(13-19(15)28(30)31)22(29)27(11-4-10-26-12-9-24-14-26)23-25-20-16(2)5-6-17(3)21(20)32-23/h5-9,12-14H,4,10-11H2,1-3H3. The number of nitrogens with zero attached hydrogens (tertiary/aromatic N) is 5. The van der Waals surface area contributed by atoms with E-state index in [-0.39, 0.29) is 17.2 Å². The van der Waals surface area contributed by atoms with Crippen LogP contribution in [0.5, 0.6) is 0 Å². The fourth-order valence-electron chi connectivity index (χ4n) is 3.57. The molecule has 0 aliphatic heterocycles. The molecule has 0 N–H and O–H groups in total. The van der Waals surface area contributed by atoms with Crippen LogP contribution in [0.1, 0.15) is 33.5 Å². The highest BCUT2D eigenvalue weighted by molar-refractivity contribution is 7.22. The van der Waals surface area contributed by atoms with Gasteiger partial charge >= 0.3 is 0 Å². The molecule has 0 radical (unpaired) electrons. The number of imidazole rings is 1. The van der Waals surface area contributed by atoms with Crippen LogP contribution in [0.3, 0.4) is 0 Å². The molecule has 4 rings (SSSR count). The fourth-order valence-corrected chi connectivity index (χ4v) is 4.71. The monoisotopic (exact) mass is 449 g/mol.